The summed E-state index contributed by atoms with van der Waals surface area (Å²) in [6.45, 7) is 7.03. The topological polar surface area (TPSA) is 49.3 Å². The summed E-state index contributed by atoms with van der Waals surface area (Å²) in [7, 11) is 0. The van der Waals surface area contributed by atoms with Gasteiger partial charge in [-0.1, -0.05) is 51.1 Å². The highest BCUT2D eigenvalue weighted by molar-refractivity contribution is 5.66. The van der Waals surface area contributed by atoms with Crippen LogP contribution in [0.2, 0.25) is 0 Å². The minimum absolute atomic E-state index is 0.233. The molecule has 0 heterocycles. The Kier molecular flexibility index (Phi) is 6.23. The van der Waals surface area contributed by atoms with E-state index in [9.17, 15) is 4.79 Å². The van der Waals surface area contributed by atoms with Crippen LogP contribution >= 0.6 is 0 Å². The molecule has 0 amide bonds. The summed E-state index contributed by atoms with van der Waals surface area (Å²) in [4.78, 5) is 11.0. The summed E-state index contributed by atoms with van der Waals surface area (Å²) >= 11 is 0. The Morgan fingerprint density at radius 1 is 1.35 bits per heavy atom. The summed E-state index contributed by atoms with van der Waals surface area (Å²) in [6, 6.07) is 11.1. The van der Waals surface area contributed by atoms with Gasteiger partial charge < -0.3 is 10.4 Å². The van der Waals surface area contributed by atoms with Crippen LogP contribution in [0, 0.1) is 11.3 Å². The van der Waals surface area contributed by atoms with Gasteiger partial charge in [-0.3, -0.25) is 4.79 Å². The van der Waals surface area contributed by atoms with Gasteiger partial charge >= 0.3 is 5.97 Å². The van der Waals surface area contributed by atoms with Crippen LogP contribution in [0.25, 0.3) is 0 Å². The first-order valence-electron chi connectivity index (χ1n) is 8.87. The third-order valence-corrected chi connectivity index (χ3v) is 5.17. The van der Waals surface area contributed by atoms with Crippen molar-refractivity contribution in [2.75, 3.05) is 0 Å². The van der Waals surface area contributed by atoms with E-state index in [0.717, 1.165) is 6.42 Å². The van der Waals surface area contributed by atoms with E-state index >= 15 is 0 Å². The molecule has 3 heteroatoms. The second-order valence-corrected chi connectivity index (χ2v) is 7.98. The Bertz CT molecular complexity index is 498. The standard InChI is InChI=1S/C20H31NO2/c1-15-14-20(2,3)12-11-18(15)21-17(9-10-19(22)23)13-16-7-5-4-6-8-16/h4-8,15,17-18,21H,9-14H2,1-3H3,(H,22,23). The lowest BCUT2D eigenvalue weighted by atomic mass is 9.70. The maximum atomic E-state index is 11.0. The number of hydrogen-bond acceptors (Lipinski definition) is 2. The highest BCUT2D eigenvalue weighted by atomic mass is 16.4. The molecule has 0 radical (unpaired) electrons. The zero-order chi connectivity index (χ0) is 16.9. The van der Waals surface area contributed by atoms with Crippen LogP contribution < -0.4 is 5.32 Å². The van der Waals surface area contributed by atoms with E-state index in [1.54, 1.807) is 0 Å². The maximum Gasteiger partial charge on any atom is 0.303 e. The average Bonchev–Trinajstić information content (AvgIpc) is 2.48. The van der Waals surface area contributed by atoms with Crippen LogP contribution in [0.5, 0.6) is 0 Å². The summed E-state index contributed by atoms with van der Waals surface area (Å²) in [5.41, 5.74) is 1.72. The van der Waals surface area contributed by atoms with Crippen molar-refractivity contribution in [3.8, 4) is 0 Å². The van der Waals surface area contributed by atoms with Gasteiger partial charge in [-0.2, -0.15) is 0 Å². The molecular formula is C20H31NO2. The summed E-state index contributed by atoms with van der Waals surface area (Å²) in [6.07, 6.45) is 5.49. The van der Waals surface area contributed by atoms with Crippen LogP contribution in [-0.4, -0.2) is 23.2 Å². The van der Waals surface area contributed by atoms with Crippen LogP contribution in [0.3, 0.4) is 0 Å². The van der Waals surface area contributed by atoms with Crippen molar-refractivity contribution in [2.45, 2.75) is 71.4 Å². The first kappa shape index (κ1) is 18.0. The number of rotatable bonds is 7. The molecule has 0 bridgehead atoms. The molecule has 0 saturated heterocycles. The Labute approximate surface area is 140 Å². The molecule has 1 aromatic rings. The Morgan fingerprint density at radius 3 is 2.65 bits per heavy atom. The van der Waals surface area contributed by atoms with E-state index in [1.807, 2.05) is 6.07 Å². The van der Waals surface area contributed by atoms with Crippen molar-refractivity contribution < 1.29 is 9.90 Å². The lowest BCUT2D eigenvalue weighted by molar-refractivity contribution is -0.137. The molecule has 128 valence electrons. The van der Waals surface area contributed by atoms with Gasteiger partial charge in [0.05, 0.1) is 0 Å². The number of hydrogen-bond donors (Lipinski definition) is 2. The average molecular weight is 317 g/mol. The highest BCUT2D eigenvalue weighted by Crippen LogP contribution is 2.38. The van der Waals surface area contributed by atoms with E-state index in [2.05, 4.69) is 50.4 Å². The molecule has 1 saturated carbocycles. The number of nitrogens with one attached hydrogen (secondary N) is 1. The molecule has 1 aliphatic rings. The highest BCUT2D eigenvalue weighted by Gasteiger charge is 2.33. The Morgan fingerprint density at radius 2 is 2.04 bits per heavy atom. The van der Waals surface area contributed by atoms with E-state index < -0.39 is 5.97 Å². The van der Waals surface area contributed by atoms with E-state index in [-0.39, 0.29) is 12.5 Å². The third kappa shape index (κ3) is 5.98. The van der Waals surface area contributed by atoms with Gasteiger partial charge in [0.25, 0.3) is 0 Å². The largest absolute Gasteiger partial charge is 0.481 e. The normalized spacial score (nSPS) is 25.0. The van der Waals surface area contributed by atoms with Gasteiger partial charge in [0, 0.05) is 18.5 Å². The molecule has 2 rings (SSSR count). The minimum Gasteiger partial charge on any atom is -0.481 e. The van der Waals surface area contributed by atoms with Gasteiger partial charge in [0.15, 0.2) is 0 Å². The zero-order valence-corrected chi connectivity index (χ0v) is 14.7. The number of carbonyl (C=O) groups is 1. The van der Waals surface area contributed by atoms with Crippen molar-refractivity contribution in [3.05, 3.63) is 35.9 Å². The molecule has 3 nitrogen and oxygen atoms in total. The Hall–Kier alpha value is -1.35. The number of aliphatic carboxylic acids is 1. The molecule has 0 aliphatic heterocycles. The molecule has 0 spiro atoms. The number of carboxylic acid groups (broad SMARTS) is 1. The molecule has 3 atom stereocenters. The number of carboxylic acids is 1. The van der Waals surface area contributed by atoms with Crippen molar-refractivity contribution in [1.29, 1.82) is 0 Å². The van der Waals surface area contributed by atoms with Crippen molar-refractivity contribution in [2.24, 2.45) is 11.3 Å². The number of benzene rings is 1. The van der Waals surface area contributed by atoms with Crippen molar-refractivity contribution in [1.82, 2.24) is 5.32 Å². The van der Waals surface area contributed by atoms with Gasteiger partial charge in [0.2, 0.25) is 0 Å². The second-order valence-electron chi connectivity index (χ2n) is 7.98. The minimum atomic E-state index is -0.706. The van der Waals surface area contributed by atoms with Crippen molar-refractivity contribution in [3.63, 3.8) is 0 Å². The van der Waals surface area contributed by atoms with E-state index in [0.29, 0.717) is 23.8 Å². The molecule has 23 heavy (non-hydrogen) atoms. The predicted molar refractivity (Wildman–Crippen MR) is 94.5 cm³/mol. The van der Waals surface area contributed by atoms with E-state index in [4.69, 9.17) is 5.11 Å². The predicted octanol–water partition coefficient (Wildman–Crippen LogP) is 4.27. The quantitative estimate of drug-likeness (QED) is 0.789. The summed E-state index contributed by atoms with van der Waals surface area (Å²) < 4.78 is 0. The van der Waals surface area contributed by atoms with Crippen LogP contribution in [0.15, 0.2) is 30.3 Å². The van der Waals surface area contributed by atoms with Gasteiger partial charge in [-0.05, 0) is 49.0 Å². The fourth-order valence-corrected chi connectivity index (χ4v) is 3.94. The second kappa shape index (κ2) is 7.96. The van der Waals surface area contributed by atoms with Crippen LogP contribution in [0.4, 0.5) is 0 Å². The molecule has 1 aromatic carbocycles. The maximum absolute atomic E-state index is 11.0. The Balaban J connectivity index is 1.98. The molecule has 1 fully saturated rings. The molecule has 3 unspecified atom stereocenters. The summed E-state index contributed by atoms with van der Waals surface area (Å²) in [5, 5.41) is 12.8. The van der Waals surface area contributed by atoms with Gasteiger partial charge in [-0.15, -0.1) is 0 Å². The molecule has 2 N–H and O–H groups in total. The van der Waals surface area contributed by atoms with Gasteiger partial charge in [-0.25, -0.2) is 0 Å². The summed E-state index contributed by atoms with van der Waals surface area (Å²) in [5.74, 6) is -0.0652. The fourth-order valence-electron chi connectivity index (χ4n) is 3.94. The third-order valence-electron chi connectivity index (χ3n) is 5.17. The van der Waals surface area contributed by atoms with Crippen LogP contribution in [0.1, 0.15) is 58.4 Å². The molecule has 1 aliphatic carbocycles. The first-order chi connectivity index (χ1) is 10.9. The molecular weight excluding hydrogens is 286 g/mol. The van der Waals surface area contributed by atoms with Gasteiger partial charge in [0.1, 0.15) is 0 Å². The smallest absolute Gasteiger partial charge is 0.303 e. The van der Waals surface area contributed by atoms with Crippen molar-refractivity contribution >= 4 is 5.97 Å². The van der Waals surface area contributed by atoms with Crippen LogP contribution in [-0.2, 0) is 11.2 Å². The van der Waals surface area contributed by atoms with E-state index in [1.165, 1.54) is 24.8 Å². The lowest BCUT2D eigenvalue weighted by Gasteiger charge is -2.41. The first-order valence-corrected chi connectivity index (χ1v) is 8.87. The molecule has 0 aromatic heterocycles. The monoisotopic (exact) mass is 317 g/mol. The lowest BCUT2D eigenvalue weighted by Crippen LogP contribution is -2.47. The SMILES string of the molecule is CC1CC(C)(C)CCC1NC(CCC(=O)O)Cc1ccccc1. The zero-order valence-electron chi connectivity index (χ0n) is 14.7. The fraction of sp³-hybridized carbons (Fsp3) is 0.650.